The number of nitrogens with zero attached hydrogens (tertiary/aromatic N) is 5. The van der Waals surface area contributed by atoms with Crippen molar-refractivity contribution in [3.05, 3.63) is 0 Å². The van der Waals surface area contributed by atoms with Crippen molar-refractivity contribution in [2.75, 3.05) is 118 Å². The molecule has 3 N–H and O–H groups in total. The number of hydrogen-bond acceptors (Lipinski definition) is 7. The van der Waals surface area contributed by atoms with Crippen molar-refractivity contribution in [3.8, 4) is 0 Å². The van der Waals surface area contributed by atoms with Crippen LogP contribution in [0.3, 0.4) is 0 Å². The summed E-state index contributed by atoms with van der Waals surface area (Å²) in [5, 5.41) is 3.43. The molecule has 3 heterocycles. The van der Waals surface area contributed by atoms with Crippen LogP contribution in [-0.2, 0) is 0 Å². The van der Waals surface area contributed by atoms with Crippen LogP contribution in [0.25, 0.3) is 0 Å². The molecular weight excluding hydrogens is 314 g/mol. The highest BCUT2D eigenvalue weighted by Crippen LogP contribution is 2.05. The number of piperazine rings is 3. The Bertz CT molecular complexity index is 345. The predicted octanol–water partition coefficient (Wildman–Crippen LogP) is -1.91. The predicted molar refractivity (Wildman–Crippen MR) is 104 cm³/mol. The highest BCUT2D eigenvalue weighted by atomic mass is 15.3. The van der Waals surface area contributed by atoms with Crippen molar-refractivity contribution < 1.29 is 0 Å². The molecule has 0 aromatic carbocycles. The maximum atomic E-state index is 5.65. The minimum Gasteiger partial charge on any atom is -0.329 e. The molecule has 0 amide bonds. The molecule has 3 fully saturated rings. The van der Waals surface area contributed by atoms with E-state index in [4.69, 9.17) is 5.73 Å². The van der Waals surface area contributed by atoms with Crippen molar-refractivity contribution in [2.45, 2.75) is 0 Å². The van der Waals surface area contributed by atoms with E-state index in [-0.39, 0.29) is 0 Å². The van der Waals surface area contributed by atoms with Gasteiger partial charge in [0.25, 0.3) is 0 Å². The summed E-state index contributed by atoms with van der Waals surface area (Å²) >= 11 is 0. The Kier molecular flexibility index (Phi) is 8.39. The van der Waals surface area contributed by atoms with Gasteiger partial charge in [-0.15, -0.1) is 0 Å². The third kappa shape index (κ3) is 6.75. The monoisotopic (exact) mass is 353 g/mol. The largest absolute Gasteiger partial charge is 0.329 e. The molecule has 0 unspecified atom stereocenters. The molecule has 3 aliphatic heterocycles. The van der Waals surface area contributed by atoms with E-state index in [1.54, 1.807) is 0 Å². The Balaban J connectivity index is 1.23. The highest BCUT2D eigenvalue weighted by molar-refractivity contribution is 4.77. The van der Waals surface area contributed by atoms with Crippen molar-refractivity contribution >= 4 is 0 Å². The van der Waals surface area contributed by atoms with Crippen LogP contribution in [0, 0.1) is 0 Å². The van der Waals surface area contributed by atoms with E-state index in [0.29, 0.717) is 0 Å². The van der Waals surface area contributed by atoms with Gasteiger partial charge in [-0.05, 0) is 0 Å². The first-order valence-electron chi connectivity index (χ1n) is 10.4. The zero-order chi connectivity index (χ0) is 17.3. The molecule has 3 saturated heterocycles. The van der Waals surface area contributed by atoms with Gasteiger partial charge in [0.05, 0.1) is 0 Å². The van der Waals surface area contributed by atoms with E-state index in [2.05, 4.69) is 29.8 Å². The van der Waals surface area contributed by atoms with Gasteiger partial charge in [-0.1, -0.05) is 0 Å². The van der Waals surface area contributed by atoms with Crippen LogP contribution in [0.2, 0.25) is 0 Å². The van der Waals surface area contributed by atoms with Crippen molar-refractivity contribution in [1.29, 1.82) is 0 Å². The standard InChI is InChI=1S/C18H39N7/c19-1-4-21-7-10-23(11-8-21)13-16-25-17-14-24(15-18-25)12-9-22-5-2-20-3-6-22/h20H,1-19H2. The molecular formula is C18H39N7. The highest BCUT2D eigenvalue weighted by Gasteiger charge is 2.20. The summed E-state index contributed by atoms with van der Waals surface area (Å²) in [6, 6.07) is 0. The van der Waals surface area contributed by atoms with Gasteiger partial charge >= 0.3 is 0 Å². The second-order valence-electron chi connectivity index (χ2n) is 7.75. The Hall–Kier alpha value is -0.280. The third-order valence-electron chi connectivity index (χ3n) is 6.05. The molecule has 146 valence electrons. The fourth-order valence-corrected chi connectivity index (χ4v) is 4.16. The average Bonchev–Trinajstić information content (AvgIpc) is 2.68. The minimum atomic E-state index is 0.791. The molecule has 3 rings (SSSR count). The molecule has 0 radical (unpaired) electrons. The summed E-state index contributed by atoms with van der Waals surface area (Å²) in [7, 11) is 0. The van der Waals surface area contributed by atoms with Crippen molar-refractivity contribution in [2.24, 2.45) is 5.73 Å². The van der Waals surface area contributed by atoms with Gasteiger partial charge in [0.15, 0.2) is 0 Å². The summed E-state index contributed by atoms with van der Waals surface area (Å²) < 4.78 is 0. The lowest BCUT2D eigenvalue weighted by molar-refractivity contribution is 0.0898. The summed E-state index contributed by atoms with van der Waals surface area (Å²) in [6.45, 7) is 21.4. The summed E-state index contributed by atoms with van der Waals surface area (Å²) in [5.74, 6) is 0. The first-order valence-corrected chi connectivity index (χ1v) is 10.4. The van der Waals surface area contributed by atoms with E-state index in [9.17, 15) is 0 Å². The Labute approximate surface area is 154 Å². The van der Waals surface area contributed by atoms with Gasteiger partial charge in [-0.2, -0.15) is 0 Å². The molecule has 0 aromatic rings. The molecule has 7 nitrogen and oxygen atoms in total. The lowest BCUT2D eigenvalue weighted by Crippen LogP contribution is -2.53. The van der Waals surface area contributed by atoms with Crippen molar-refractivity contribution in [1.82, 2.24) is 29.8 Å². The molecule has 0 atom stereocenters. The fraction of sp³-hybridized carbons (Fsp3) is 1.00. The van der Waals surface area contributed by atoms with Crippen LogP contribution < -0.4 is 11.1 Å². The van der Waals surface area contributed by atoms with Crippen LogP contribution in [0.5, 0.6) is 0 Å². The molecule has 25 heavy (non-hydrogen) atoms. The van der Waals surface area contributed by atoms with E-state index in [0.717, 1.165) is 26.2 Å². The lowest BCUT2D eigenvalue weighted by Gasteiger charge is -2.38. The topological polar surface area (TPSA) is 54.3 Å². The molecule has 3 aliphatic rings. The third-order valence-corrected chi connectivity index (χ3v) is 6.05. The van der Waals surface area contributed by atoms with Crippen molar-refractivity contribution in [3.63, 3.8) is 0 Å². The minimum absolute atomic E-state index is 0.791. The molecule has 0 saturated carbocycles. The van der Waals surface area contributed by atoms with E-state index in [1.165, 1.54) is 91.6 Å². The van der Waals surface area contributed by atoms with E-state index < -0.39 is 0 Å². The van der Waals surface area contributed by atoms with E-state index in [1.807, 2.05) is 0 Å². The first kappa shape index (κ1) is 19.5. The Morgan fingerprint density at radius 1 is 0.480 bits per heavy atom. The fourth-order valence-electron chi connectivity index (χ4n) is 4.16. The van der Waals surface area contributed by atoms with E-state index >= 15 is 0 Å². The second-order valence-corrected chi connectivity index (χ2v) is 7.75. The summed E-state index contributed by atoms with van der Waals surface area (Å²) in [5.41, 5.74) is 5.65. The molecule has 0 aromatic heterocycles. The van der Waals surface area contributed by atoms with Crippen LogP contribution in [-0.4, -0.2) is 142 Å². The SMILES string of the molecule is NCCN1CCN(CCN2CCN(CCN3CCNCC3)CC2)CC1. The first-order chi connectivity index (χ1) is 12.3. The molecule has 7 heteroatoms. The van der Waals surface area contributed by atoms with Gasteiger partial charge in [0.2, 0.25) is 0 Å². The maximum Gasteiger partial charge on any atom is 0.0110 e. The molecule has 0 spiro atoms. The molecule has 0 aliphatic carbocycles. The van der Waals surface area contributed by atoms with Crippen LogP contribution in [0.1, 0.15) is 0 Å². The average molecular weight is 354 g/mol. The lowest BCUT2D eigenvalue weighted by atomic mass is 10.2. The molecule has 0 bridgehead atoms. The van der Waals surface area contributed by atoms with Crippen LogP contribution in [0.4, 0.5) is 0 Å². The van der Waals surface area contributed by atoms with Crippen LogP contribution in [0.15, 0.2) is 0 Å². The van der Waals surface area contributed by atoms with Gasteiger partial charge in [0.1, 0.15) is 0 Å². The summed E-state index contributed by atoms with van der Waals surface area (Å²) in [4.78, 5) is 13.0. The summed E-state index contributed by atoms with van der Waals surface area (Å²) in [6.07, 6.45) is 0. The zero-order valence-electron chi connectivity index (χ0n) is 16.0. The zero-order valence-corrected chi connectivity index (χ0v) is 16.0. The second kappa shape index (κ2) is 10.8. The number of rotatable bonds is 8. The Morgan fingerprint density at radius 3 is 1.16 bits per heavy atom. The number of nitrogens with two attached hydrogens (primary N) is 1. The smallest absolute Gasteiger partial charge is 0.0110 e. The van der Waals surface area contributed by atoms with Gasteiger partial charge in [-0.3, -0.25) is 24.5 Å². The Morgan fingerprint density at radius 2 is 0.800 bits per heavy atom. The van der Waals surface area contributed by atoms with Gasteiger partial charge in [0, 0.05) is 118 Å². The van der Waals surface area contributed by atoms with Gasteiger partial charge in [-0.25, -0.2) is 0 Å². The van der Waals surface area contributed by atoms with Gasteiger partial charge < -0.3 is 11.1 Å². The van der Waals surface area contributed by atoms with Crippen LogP contribution >= 0.6 is 0 Å². The number of nitrogens with one attached hydrogen (secondary N) is 1. The maximum absolute atomic E-state index is 5.65. The quantitative estimate of drug-likeness (QED) is 0.528. The number of hydrogen-bond donors (Lipinski definition) is 2. The normalized spacial score (nSPS) is 26.3.